The Hall–Kier alpha value is -2.16. The van der Waals surface area contributed by atoms with E-state index in [1.807, 2.05) is 0 Å². The molecular weight excluding hydrogens is 300 g/mol. The van der Waals surface area contributed by atoms with E-state index in [0.29, 0.717) is 0 Å². The molecule has 1 unspecified atom stereocenters. The topological polar surface area (TPSA) is 127 Å². The van der Waals surface area contributed by atoms with Gasteiger partial charge in [0.2, 0.25) is 0 Å². The SMILES string of the molecule is Cc1c(NC(C)CS(C)(=O)=O)cc(C(=O)O)cc1[N+](=O)[O-]. The summed E-state index contributed by atoms with van der Waals surface area (Å²) in [5.41, 5.74) is -0.0755. The van der Waals surface area contributed by atoms with Crippen molar-refractivity contribution < 1.29 is 23.2 Å². The number of carboxylic acid groups (broad SMARTS) is 1. The van der Waals surface area contributed by atoms with Crippen molar-refractivity contribution in [2.24, 2.45) is 0 Å². The monoisotopic (exact) mass is 316 g/mol. The molecule has 2 N–H and O–H groups in total. The fraction of sp³-hybridized carbons (Fsp3) is 0.417. The van der Waals surface area contributed by atoms with Gasteiger partial charge in [0.05, 0.1) is 16.2 Å². The fourth-order valence-electron chi connectivity index (χ4n) is 1.92. The van der Waals surface area contributed by atoms with Crippen molar-refractivity contribution in [2.45, 2.75) is 19.9 Å². The molecule has 1 rings (SSSR count). The molecule has 0 saturated heterocycles. The van der Waals surface area contributed by atoms with Gasteiger partial charge in [-0.15, -0.1) is 0 Å². The quantitative estimate of drug-likeness (QED) is 0.600. The van der Waals surface area contributed by atoms with Crippen molar-refractivity contribution in [1.29, 1.82) is 0 Å². The van der Waals surface area contributed by atoms with Gasteiger partial charge in [0.15, 0.2) is 0 Å². The summed E-state index contributed by atoms with van der Waals surface area (Å²) in [6.45, 7) is 3.07. The molecule has 0 bridgehead atoms. The molecule has 0 heterocycles. The number of nitrogens with one attached hydrogen (secondary N) is 1. The highest BCUT2D eigenvalue weighted by Gasteiger charge is 2.20. The molecule has 0 aliphatic rings. The van der Waals surface area contributed by atoms with Gasteiger partial charge in [-0.2, -0.15) is 0 Å². The third-order valence-corrected chi connectivity index (χ3v) is 3.88. The molecule has 0 aliphatic carbocycles. The van der Waals surface area contributed by atoms with Crippen molar-refractivity contribution >= 4 is 27.2 Å². The van der Waals surface area contributed by atoms with Gasteiger partial charge < -0.3 is 10.4 Å². The van der Waals surface area contributed by atoms with Gasteiger partial charge in [0.1, 0.15) is 9.84 Å². The molecule has 1 atom stereocenters. The van der Waals surface area contributed by atoms with E-state index in [0.717, 1.165) is 12.3 Å². The van der Waals surface area contributed by atoms with Crippen LogP contribution in [-0.2, 0) is 9.84 Å². The second-order valence-electron chi connectivity index (χ2n) is 4.87. The summed E-state index contributed by atoms with van der Waals surface area (Å²) in [7, 11) is -3.22. The van der Waals surface area contributed by atoms with Crippen LogP contribution in [-0.4, -0.2) is 42.5 Å². The highest BCUT2D eigenvalue weighted by Crippen LogP contribution is 2.28. The maximum atomic E-state index is 11.2. The summed E-state index contributed by atoms with van der Waals surface area (Å²) in [4.78, 5) is 21.3. The molecular formula is C12H16N2O6S. The van der Waals surface area contributed by atoms with Gasteiger partial charge >= 0.3 is 5.97 Å². The van der Waals surface area contributed by atoms with Crippen LogP contribution in [0.3, 0.4) is 0 Å². The maximum Gasteiger partial charge on any atom is 0.336 e. The van der Waals surface area contributed by atoms with Gasteiger partial charge in [-0.3, -0.25) is 10.1 Å². The summed E-state index contributed by atoms with van der Waals surface area (Å²) in [6, 6.07) is 1.72. The predicted molar refractivity (Wildman–Crippen MR) is 77.6 cm³/mol. The lowest BCUT2D eigenvalue weighted by atomic mass is 10.1. The molecule has 0 amide bonds. The van der Waals surface area contributed by atoms with E-state index in [4.69, 9.17) is 5.11 Å². The standard InChI is InChI=1S/C12H16N2O6S/c1-7(6-21(3,19)20)13-10-4-9(12(15)16)5-11(8(10)2)14(17)18/h4-5,7,13H,6H2,1-3H3,(H,15,16). The number of rotatable bonds is 6. The first-order valence-electron chi connectivity index (χ1n) is 5.98. The number of benzene rings is 1. The molecule has 0 aromatic heterocycles. The Morgan fingerprint density at radius 3 is 2.48 bits per heavy atom. The zero-order valence-corrected chi connectivity index (χ0v) is 12.6. The summed E-state index contributed by atoms with van der Waals surface area (Å²) in [5, 5.41) is 22.7. The zero-order chi connectivity index (χ0) is 16.4. The smallest absolute Gasteiger partial charge is 0.336 e. The minimum atomic E-state index is -3.22. The number of nitrogens with zero attached hydrogens (tertiary/aromatic N) is 1. The number of carboxylic acids is 1. The van der Waals surface area contributed by atoms with Gasteiger partial charge in [0.25, 0.3) is 5.69 Å². The zero-order valence-electron chi connectivity index (χ0n) is 11.8. The van der Waals surface area contributed by atoms with Gasteiger partial charge in [-0.1, -0.05) is 0 Å². The fourth-order valence-corrected chi connectivity index (χ4v) is 2.91. The number of hydrogen-bond acceptors (Lipinski definition) is 6. The number of sulfone groups is 1. The average Bonchev–Trinajstić information content (AvgIpc) is 2.28. The van der Waals surface area contributed by atoms with Gasteiger partial charge in [-0.25, -0.2) is 13.2 Å². The molecule has 0 saturated carbocycles. The summed E-state index contributed by atoms with van der Waals surface area (Å²) in [5.74, 6) is -1.46. The normalized spacial score (nSPS) is 12.7. The van der Waals surface area contributed by atoms with Crippen molar-refractivity contribution in [3.8, 4) is 0 Å². The second-order valence-corrected chi connectivity index (χ2v) is 7.05. The lowest BCUT2D eigenvalue weighted by Crippen LogP contribution is -2.25. The molecule has 0 radical (unpaired) electrons. The van der Waals surface area contributed by atoms with Crippen LogP contribution in [0.15, 0.2) is 12.1 Å². The lowest BCUT2D eigenvalue weighted by Gasteiger charge is -2.16. The Bertz CT molecular complexity index is 683. The molecule has 116 valence electrons. The molecule has 21 heavy (non-hydrogen) atoms. The molecule has 8 nitrogen and oxygen atoms in total. The first-order valence-corrected chi connectivity index (χ1v) is 8.04. The van der Waals surface area contributed by atoms with E-state index in [1.54, 1.807) is 6.92 Å². The van der Waals surface area contributed by atoms with Gasteiger partial charge in [-0.05, 0) is 19.9 Å². The van der Waals surface area contributed by atoms with E-state index in [2.05, 4.69) is 5.32 Å². The van der Waals surface area contributed by atoms with E-state index < -0.39 is 26.8 Å². The van der Waals surface area contributed by atoms with E-state index in [-0.39, 0.29) is 28.3 Å². The number of aromatic carboxylic acids is 1. The van der Waals surface area contributed by atoms with Crippen LogP contribution in [0.4, 0.5) is 11.4 Å². The molecule has 1 aromatic rings. The minimum Gasteiger partial charge on any atom is -0.478 e. The largest absolute Gasteiger partial charge is 0.478 e. The van der Waals surface area contributed by atoms with Crippen LogP contribution in [0, 0.1) is 17.0 Å². The Balaban J connectivity index is 3.22. The highest BCUT2D eigenvalue weighted by atomic mass is 32.2. The number of nitro benzene ring substituents is 1. The number of carbonyl (C=O) groups is 1. The van der Waals surface area contributed by atoms with Crippen molar-refractivity contribution in [2.75, 3.05) is 17.3 Å². The molecule has 9 heteroatoms. The van der Waals surface area contributed by atoms with Crippen molar-refractivity contribution in [3.05, 3.63) is 33.4 Å². The van der Waals surface area contributed by atoms with Crippen molar-refractivity contribution in [3.63, 3.8) is 0 Å². The maximum absolute atomic E-state index is 11.2. The number of anilines is 1. The first kappa shape index (κ1) is 16.9. The summed E-state index contributed by atoms with van der Waals surface area (Å²) in [6.07, 6.45) is 1.08. The average molecular weight is 316 g/mol. The number of nitro groups is 1. The summed E-state index contributed by atoms with van der Waals surface area (Å²) < 4.78 is 22.4. The van der Waals surface area contributed by atoms with Crippen LogP contribution in [0.5, 0.6) is 0 Å². The number of hydrogen-bond donors (Lipinski definition) is 2. The van der Waals surface area contributed by atoms with Crippen LogP contribution in [0.2, 0.25) is 0 Å². The molecule has 1 aromatic carbocycles. The van der Waals surface area contributed by atoms with E-state index in [9.17, 15) is 23.3 Å². The molecule has 0 fully saturated rings. The van der Waals surface area contributed by atoms with Crippen LogP contribution >= 0.6 is 0 Å². The van der Waals surface area contributed by atoms with Crippen molar-refractivity contribution in [1.82, 2.24) is 0 Å². The third kappa shape index (κ3) is 4.71. The van der Waals surface area contributed by atoms with Crippen LogP contribution < -0.4 is 5.32 Å². The second kappa shape index (κ2) is 6.08. The lowest BCUT2D eigenvalue weighted by molar-refractivity contribution is -0.385. The van der Waals surface area contributed by atoms with Crippen LogP contribution in [0.1, 0.15) is 22.8 Å². The predicted octanol–water partition coefficient (Wildman–Crippen LogP) is 1.45. The minimum absolute atomic E-state index is 0.169. The Morgan fingerprint density at radius 1 is 1.48 bits per heavy atom. The Morgan fingerprint density at radius 2 is 2.05 bits per heavy atom. The molecule has 0 spiro atoms. The molecule has 0 aliphatic heterocycles. The first-order chi connectivity index (χ1) is 9.51. The summed E-state index contributed by atoms with van der Waals surface area (Å²) >= 11 is 0. The Kier molecular flexibility index (Phi) is 4.89. The van der Waals surface area contributed by atoms with E-state index >= 15 is 0 Å². The Labute approximate surface area is 121 Å². The van der Waals surface area contributed by atoms with Crippen LogP contribution in [0.25, 0.3) is 0 Å². The third-order valence-electron chi connectivity index (χ3n) is 2.78. The van der Waals surface area contributed by atoms with Gasteiger partial charge in [0, 0.05) is 29.6 Å². The highest BCUT2D eigenvalue weighted by molar-refractivity contribution is 7.90. The van der Waals surface area contributed by atoms with E-state index in [1.165, 1.54) is 13.0 Å².